The zero-order valence-electron chi connectivity index (χ0n) is 17.8. The number of nitrogens with one attached hydrogen (secondary N) is 1. The summed E-state index contributed by atoms with van der Waals surface area (Å²) in [6.45, 7) is 3.31. The van der Waals surface area contributed by atoms with E-state index in [1.54, 1.807) is 12.1 Å². The molecule has 0 radical (unpaired) electrons. The fourth-order valence-electron chi connectivity index (χ4n) is 3.86. The Morgan fingerprint density at radius 2 is 1.53 bits per heavy atom. The molecule has 0 aromatic heterocycles. The Labute approximate surface area is 192 Å². The molecule has 0 spiro atoms. The van der Waals surface area contributed by atoms with Crippen LogP contribution in [-0.2, 0) is 9.53 Å². The molecule has 1 aliphatic heterocycles. The molecule has 0 unspecified atom stereocenters. The second-order valence-corrected chi connectivity index (χ2v) is 8.86. The van der Waals surface area contributed by atoms with Gasteiger partial charge in [-0.05, 0) is 35.4 Å². The topological polar surface area (TPSA) is 41.6 Å². The fraction of sp³-hybridized carbons (Fsp3) is 0.269. The SMILES string of the molecule is O=C(NC[C@H](c1ccc(F)cc1)N1CCOCC1)[C@@H](Sc1ccccc1)c1ccccc1. The monoisotopic (exact) mass is 450 g/mol. The fourth-order valence-corrected chi connectivity index (χ4v) is 4.93. The van der Waals surface area contributed by atoms with Gasteiger partial charge in [0, 0.05) is 24.5 Å². The van der Waals surface area contributed by atoms with Gasteiger partial charge in [-0.3, -0.25) is 9.69 Å². The minimum absolute atomic E-state index is 0.0366. The molecule has 2 atom stereocenters. The number of nitrogens with zero attached hydrogens (tertiary/aromatic N) is 1. The Kier molecular flexibility index (Phi) is 7.93. The van der Waals surface area contributed by atoms with E-state index in [4.69, 9.17) is 4.74 Å². The molecule has 3 aromatic rings. The first-order valence-corrected chi connectivity index (χ1v) is 11.7. The maximum absolute atomic E-state index is 13.5. The number of ether oxygens (including phenoxy) is 1. The number of thioether (sulfide) groups is 1. The van der Waals surface area contributed by atoms with Crippen molar-refractivity contribution in [2.45, 2.75) is 16.2 Å². The summed E-state index contributed by atoms with van der Waals surface area (Å²) in [6, 6.07) is 26.3. The van der Waals surface area contributed by atoms with Crippen LogP contribution in [0, 0.1) is 5.82 Å². The lowest BCUT2D eigenvalue weighted by Gasteiger charge is -2.35. The number of hydrogen-bond acceptors (Lipinski definition) is 4. The van der Waals surface area contributed by atoms with Crippen molar-refractivity contribution in [1.82, 2.24) is 10.2 Å². The molecule has 0 saturated carbocycles. The highest BCUT2D eigenvalue weighted by molar-refractivity contribution is 8.00. The minimum Gasteiger partial charge on any atom is -0.379 e. The van der Waals surface area contributed by atoms with Gasteiger partial charge in [-0.25, -0.2) is 4.39 Å². The van der Waals surface area contributed by atoms with Gasteiger partial charge < -0.3 is 10.1 Å². The highest BCUT2D eigenvalue weighted by atomic mass is 32.2. The van der Waals surface area contributed by atoms with E-state index < -0.39 is 0 Å². The standard InChI is InChI=1S/C26H27FN2O2S/c27-22-13-11-20(12-14-22)24(29-15-17-31-18-16-29)19-28-26(30)25(21-7-3-1-4-8-21)32-23-9-5-2-6-10-23/h1-14,24-25H,15-19H2,(H,28,30)/t24-,25+/m1/s1. The van der Waals surface area contributed by atoms with Crippen molar-refractivity contribution >= 4 is 17.7 Å². The first-order valence-electron chi connectivity index (χ1n) is 10.8. The van der Waals surface area contributed by atoms with Crippen molar-refractivity contribution in [2.24, 2.45) is 0 Å². The first kappa shape index (κ1) is 22.5. The van der Waals surface area contributed by atoms with Gasteiger partial charge in [0.1, 0.15) is 11.1 Å². The molecule has 0 bridgehead atoms. The van der Waals surface area contributed by atoms with E-state index in [1.807, 2.05) is 60.7 Å². The minimum atomic E-state index is -0.364. The maximum Gasteiger partial charge on any atom is 0.238 e. The molecule has 1 N–H and O–H groups in total. The second kappa shape index (κ2) is 11.3. The molecular formula is C26H27FN2O2S. The average molecular weight is 451 g/mol. The van der Waals surface area contributed by atoms with Gasteiger partial charge in [0.15, 0.2) is 0 Å². The third-order valence-electron chi connectivity index (χ3n) is 5.55. The Balaban J connectivity index is 1.52. The lowest BCUT2D eigenvalue weighted by Crippen LogP contribution is -2.44. The van der Waals surface area contributed by atoms with Crippen LogP contribution in [0.25, 0.3) is 0 Å². The van der Waals surface area contributed by atoms with Gasteiger partial charge in [-0.1, -0.05) is 60.7 Å². The van der Waals surface area contributed by atoms with Crippen molar-refractivity contribution < 1.29 is 13.9 Å². The zero-order chi connectivity index (χ0) is 22.2. The smallest absolute Gasteiger partial charge is 0.238 e. The molecule has 1 heterocycles. The third-order valence-corrected chi connectivity index (χ3v) is 6.81. The summed E-state index contributed by atoms with van der Waals surface area (Å²) in [5.74, 6) is -0.299. The lowest BCUT2D eigenvalue weighted by molar-refractivity contribution is -0.121. The van der Waals surface area contributed by atoms with Crippen LogP contribution >= 0.6 is 11.8 Å². The molecule has 166 valence electrons. The van der Waals surface area contributed by atoms with E-state index in [0.29, 0.717) is 19.8 Å². The average Bonchev–Trinajstić information content (AvgIpc) is 2.85. The van der Waals surface area contributed by atoms with Crippen molar-refractivity contribution in [2.75, 3.05) is 32.8 Å². The maximum atomic E-state index is 13.5. The molecule has 1 aliphatic rings. The highest BCUT2D eigenvalue weighted by Crippen LogP contribution is 2.35. The van der Waals surface area contributed by atoms with Gasteiger partial charge in [-0.15, -0.1) is 11.8 Å². The normalized spacial score (nSPS) is 16.3. The number of benzene rings is 3. The molecule has 1 amide bonds. The Morgan fingerprint density at radius 1 is 0.906 bits per heavy atom. The second-order valence-electron chi connectivity index (χ2n) is 7.68. The van der Waals surface area contributed by atoms with Crippen LogP contribution in [0.5, 0.6) is 0 Å². The summed E-state index contributed by atoms with van der Waals surface area (Å²) >= 11 is 1.54. The summed E-state index contributed by atoms with van der Waals surface area (Å²) < 4.78 is 19.0. The van der Waals surface area contributed by atoms with Gasteiger partial charge in [-0.2, -0.15) is 0 Å². The predicted molar refractivity (Wildman–Crippen MR) is 126 cm³/mol. The van der Waals surface area contributed by atoms with Crippen LogP contribution in [0.1, 0.15) is 22.4 Å². The number of morpholine rings is 1. The van der Waals surface area contributed by atoms with Crippen LogP contribution in [0.15, 0.2) is 89.8 Å². The Hall–Kier alpha value is -2.67. The number of halogens is 1. The number of carbonyl (C=O) groups excluding carboxylic acids is 1. The Morgan fingerprint density at radius 3 is 2.19 bits per heavy atom. The summed E-state index contributed by atoms with van der Waals surface area (Å²) in [5, 5.41) is 2.81. The van der Waals surface area contributed by atoms with E-state index in [2.05, 4.69) is 10.2 Å². The van der Waals surface area contributed by atoms with Crippen LogP contribution in [0.2, 0.25) is 0 Å². The molecule has 32 heavy (non-hydrogen) atoms. The number of hydrogen-bond donors (Lipinski definition) is 1. The van der Waals surface area contributed by atoms with Crippen molar-refractivity contribution in [3.05, 3.63) is 102 Å². The molecule has 1 saturated heterocycles. The van der Waals surface area contributed by atoms with Gasteiger partial charge in [0.05, 0.1) is 19.3 Å². The van der Waals surface area contributed by atoms with E-state index in [1.165, 1.54) is 23.9 Å². The van der Waals surface area contributed by atoms with Gasteiger partial charge in [0.25, 0.3) is 0 Å². The molecule has 1 fully saturated rings. The quantitative estimate of drug-likeness (QED) is 0.498. The molecular weight excluding hydrogens is 423 g/mol. The largest absolute Gasteiger partial charge is 0.379 e. The molecule has 3 aromatic carbocycles. The highest BCUT2D eigenvalue weighted by Gasteiger charge is 2.26. The zero-order valence-corrected chi connectivity index (χ0v) is 18.6. The van der Waals surface area contributed by atoms with E-state index >= 15 is 0 Å². The summed E-state index contributed by atoms with van der Waals surface area (Å²) in [7, 11) is 0. The molecule has 0 aliphatic carbocycles. The number of amides is 1. The number of carbonyl (C=O) groups is 1. The summed E-state index contributed by atoms with van der Waals surface area (Å²) in [5.41, 5.74) is 1.95. The van der Waals surface area contributed by atoms with E-state index in [9.17, 15) is 9.18 Å². The van der Waals surface area contributed by atoms with Gasteiger partial charge >= 0.3 is 0 Å². The predicted octanol–water partition coefficient (Wildman–Crippen LogP) is 4.85. The summed E-state index contributed by atoms with van der Waals surface area (Å²) in [4.78, 5) is 16.7. The first-order chi connectivity index (χ1) is 15.7. The van der Waals surface area contributed by atoms with Crippen molar-refractivity contribution in [3.8, 4) is 0 Å². The lowest BCUT2D eigenvalue weighted by atomic mass is 10.0. The number of rotatable bonds is 8. The van der Waals surface area contributed by atoms with Crippen LogP contribution in [0.4, 0.5) is 4.39 Å². The van der Waals surface area contributed by atoms with Crippen LogP contribution in [-0.4, -0.2) is 43.7 Å². The van der Waals surface area contributed by atoms with Gasteiger partial charge in [0.2, 0.25) is 5.91 Å². The Bertz CT molecular complexity index is 980. The van der Waals surface area contributed by atoms with Crippen molar-refractivity contribution in [3.63, 3.8) is 0 Å². The molecule has 4 rings (SSSR count). The summed E-state index contributed by atoms with van der Waals surface area (Å²) in [6.07, 6.45) is 0. The van der Waals surface area contributed by atoms with E-state index in [0.717, 1.165) is 29.1 Å². The molecule has 6 heteroatoms. The van der Waals surface area contributed by atoms with Crippen LogP contribution < -0.4 is 5.32 Å². The third kappa shape index (κ3) is 5.97. The molecule has 4 nitrogen and oxygen atoms in total. The van der Waals surface area contributed by atoms with Crippen molar-refractivity contribution in [1.29, 1.82) is 0 Å². The van der Waals surface area contributed by atoms with E-state index in [-0.39, 0.29) is 23.0 Å². The van der Waals surface area contributed by atoms with Crippen LogP contribution in [0.3, 0.4) is 0 Å².